The highest BCUT2D eigenvalue weighted by Crippen LogP contribution is 2.28. The lowest BCUT2D eigenvalue weighted by Gasteiger charge is -2.22. The quantitative estimate of drug-likeness (QED) is 0.717. The highest BCUT2D eigenvalue weighted by Gasteiger charge is 2.24. The van der Waals surface area contributed by atoms with Crippen LogP contribution >= 0.6 is 28.3 Å². The topological polar surface area (TPSA) is 79.0 Å². The molecular formula is C16H20BrClN4O2. The zero-order chi connectivity index (χ0) is 16.2. The Labute approximate surface area is 155 Å². The SMILES string of the molecule is CCc1c(NC(=O)[C@H]2CNCCO2)n[nH]c1-c1ccc(Br)cc1.Cl. The fourth-order valence-electron chi connectivity index (χ4n) is 2.60. The molecule has 3 rings (SSSR count). The van der Waals surface area contributed by atoms with Crippen molar-refractivity contribution in [2.45, 2.75) is 19.4 Å². The van der Waals surface area contributed by atoms with Gasteiger partial charge in [0.1, 0.15) is 6.10 Å². The van der Waals surface area contributed by atoms with Gasteiger partial charge in [-0.2, -0.15) is 5.10 Å². The summed E-state index contributed by atoms with van der Waals surface area (Å²) in [6.45, 7) is 3.89. The Morgan fingerprint density at radius 2 is 2.17 bits per heavy atom. The van der Waals surface area contributed by atoms with E-state index in [9.17, 15) is 4.79 Å². The van der Waals surface area contributed by atoms with Crippen LogP contribution in [0, 0.1) is 0 Å². The van der Waals surface area contributed by atoms with Crippen molar-refractivity contribution < 1.29 is 9.53 Å². The smallest absolute Gasteiger partial charge is 0.256 e. The maximum atomic E-state index is 12.3. The highest BCUT2D eigenvalue weighted by molar-refractivity contribution is 9.10. The first-order valence-corrected chi connectivity index (χ1v) is 8.44. The van der Waals surface area contributed by atoms with E-state index in [0.717, 1.165) is 34.3 Å². The number of carbonyl (C=O) groups excluding carboxylic acids is 1. The molecule has 2 aromatic rings. The molecule has 1 saturated heterocycles. The van der Waals surface area contributed by atoms with Crippen LogP contribution in [0.25, 0.3) is 11.3 Å². The van der Waals surface area contributed by atoms with Crippen molar-refractivity contribution >= 4 is 40.1 Å². The number of aromatic amines is 1. The molecule has 1 aromatic heterocycles. The lowest BCUT2D eigenvalue weighted by Crippen LogP contribution is -2.45. The maximum absolute atomic E-state index is 12.3. The van der Waals surface area contributed by atoms with Gasteiger partial charge >= 0.3 is 0 Å². The first-order valence-electron chi connectivity index (χ1n) is 7.65. The molecule has 1 aliphatic rings. The third-order valence-corrected chi connectivity index (χ3v) is 4.34. The molecule has 1 atom stereocenters. The van der Waals surface area contributed by atoms with Gasteiger partial charge in [-0.1, -0.05) is 35.0 Å². The summed E-state index contributed by atoms with van der Waals surface area (Å²) < 4.78 is 6.49. The molecule has 1 aromatic carbocycles. The Kier molecular flexibility index (Phi) is 6.79. The number of anilines is 1. The molecule has 1 amide bonds. The molecule has 0 aliphatic carbocycles. The van der Waals surface area contributed by atoms with E-state index < -0.39 is 6.10 Å². The van der Waals surface area contributed by atoms with Gasteiger partial charge in [0.25, 0.3) is 5.91 Å². The number of amides is 1. The number of hydrogen-bond acceptors (Lipinski definition) is 4. The van der Waals surface area contributed by atoms with Crippen LogP contribution in [0.5, 0.6) is 0 Å². The molecule has 0 bridgehead atoms. The molecule has 0 saturated carbocycles. The summed E-state index contributed by atoms with van der Waals surface area (Å²) in [4.78, 5) is 12.3. The van der Waals surface area contributed by atoms with Crippen molar-refractivity contribution in [3.8, 4) is 11.3 Å². The molecule has 8 heteroatoms. The minimum Gasteiger partial charge on any atom is -0.366 e. The van der Waals surface area contributed by atoms with E-state index in [2.05, 4.69) is 36.8 Å². The van der Waals surface area contributed by atoms with Crippen molar-refractivity contribution in [2.24, 2.45) is 0 Å². The fourth-order valence-corrected chi connectivity index (χ4v) is 2.86. The number of ether oxygens (including phenoxy) is 1. The van der Waals surface area contributed by atoms with Crippen LogP contribution in [-0.2, 0) is 16.0 Å². The van der Waals surface area contributed by atoms with E-state index in [0.29, 0.717) is 19.0 Å². The van der Waals surface area contributed by atoms with Gasteiger partial charge in [-0.15, -0.1) is 12.4 Å². The monoisotopic (exact) mass is 414 g/mol. The van der Waals surface area contributed by atoms with Gasteiger partial charge in [-0.3, -0.25) is 9.89 Å². The predicted octanol–water partition coefficient (Wildman–Crippen LogP) is 2.75. The molecule has 2 heterocycles. The Balaban J connectivity index is 0.00000208. The third-order valence-electron chi connectivity index (χ3n) is 3.82. The van der Waals surface area contributed by atoms with Gasteiger partial charge in [0.2, 0.25) is 0 Å². The van der Waals surface area contributed by atoms with Crippen molar-refractivity contribution in [1.82, 2.24) is 15.5 Å². The van der Waals surface area contributed by atoms with Crippen LogP contribution in [0.15, 0.2) is 28.7 Å². The molecular weight excluding hydrogens is 396 g/mol. The average molecular weight is 416 g/mol. The summed E-state index contributed by atoms with van der Waals surface area (Å²) in [6, 6.07) is 7.98. The predicted molar refractivity (Wildman–Crippen MR) is 99.6 cm³/mol. The van der Waals surface area contributed by atoms with Crippen LogP contribution in [0.2, 0.25) is 0 Å². The molecule has 1 fully saturated rings. The van der Waals surface area contributed by atoms with Gasteiger partial charge in [0.05, 0.1) is 12.3 Å². The number of halogens is 2. The van der Waals surface area contributed by atoms with Crippen molar-refractivity contribution in [1.29, 1.82) is 0 Å². The van der Waals surface area contributed by atoms with Crippen LogP contribution in [-0.4, -0.2) is 41.9 Å². The summed E-state index contributed by atoms with van der Waals surface area (Å²) in [5, 5.41) is 13.3. The van der Waals surface area contributed by atoms with E-state index in [-0.39, 0.29) is 18.3 Å². The summed E-state index contributed by atoms with van der Waals surface area (Å²) in [5.41, 5.74) is 2.95. The van der Waals surface area contributed by atoms with Crippen molar-refractivity contribution in [3.05, 3.63) is 34.3 Å². The number of carbonyl (C=O) groups is 1. The minimum atomic E-state index is -0.471. The second-order valence-electron chi connectivity index (χ2n) is 5.34. The lowest BCUT2D eigenvalue weighted by atomic mass is 10.1. The number of benzene rings is 1. The van der Waals surface area contributed by atoms with Gasteiger partial charge in [-0.25, -0.2) is 0 Å². The van der Waals surface area contributed by atoms with Crippen LogP contribution in [0.1, 0.15) is 12.5 Å². The third kappa shape index (κ3) is 4.16. The standard InChI is InChI=1S/C16H19BrN4O2.ClH/c1-2-12-14(10-3-5-11(17)6-4-10)20-21-15(12)19-16(22)13-9-18-7-8-23-13;/h3-6,13,18H,2,7-9H2,1H3,(H2,19,20,21,22);1H/t13-;/m1./s1. The van der Waals surface area contributed by atoms with Gasteiger partial charge in [0, 0.05) is 23.1 Å². The highest BCUT2D eigenvalue weighted by atomic mass is 79.9. The second kappa shape index (κ2) is 8.62. The van der Waals surface area contributed by atoms with Crippen molar-refractivity contribution in [2.75, 3.05) is 25.0 Å². The van der Waals surface area contributed by atoms with Gasteiger partial charge in [-0.05, 0) is 24.1 Å². The molecule has 130 valence electrons. The Morgan fingerprint density at radius 3 is 2.79 bits per heavy atom. The Hall–Kier alpha value is -1.41. The summed E-state index contributed by atoms with van der Waals surface area (Å²) in [5.74, 6) is 0.408. The number of rotatable bonds is 4. The normalized spacial score (nSPS) is 17.2. The number of nitrogens with one attached hydrogen (secondary N) is 3. The van der Waals surface area contributed by atoms with E-state index in [1.165, 1.54) is 0 Å². The van der Waals surface area contributed by atoms with E-state index >= 15 is 0 Å². The van der Waals surface area contributed by atoms with Crippen LogP contribution < -0.4 is 10.6 Å². The van der Waals surface area contributed by atoms with Crippen LogP contribution in [0.4, 0.5) is 5.82 Å². The molecule has 0 unspecified atom stereocenters. The average Bonchev–Trinajstić information content (AvgIpc) is 2.99. The first kappa shape index (κ1) is 18.9. The minimum absolute atomic E-state index is 0. The number of H-pyrrole nitrogens is 1. The van der Waals surface area contributed by atoms with Gasteiger partial charge in [0.15, 0.2) is 5.82 Å². The zero-order valence-electron chi connectivity index (χ0n) is 13.3. The molecule has 0 radical (unpaired) electrons. The summed E-state index contributed by atoms with van der Waals surface area (Å²) in [6.07, 6.45) is 0.294. The first-order chi connectivity index (χ1) is 11.2. The number of aromatic nitrogens is 2. The Morgan fingerprint density at radius 1 is 1.42 bits per heavy atom. The zero-order valence-corrected chi connectivity index (χ0v) is 15.7. The lowest BCUT2D eigenvalue weighted by molar-refractivity contribution is -0.128. The number of nitrogens with zero attached hydrogens (tertiary/aromatic N) is 1. The summed E-state index contributed by atoms with van der Waals surface area (Å²) >= 11 is 3.43. The molecule has 24 heavy (non-hydrogen) atoms. The maximum Gasteiger partial charge on any atom is 0.256 e. The van der Waals surface area contributed by atoms with E-state index in [4.69, 9.17) is 4.74 Å². The van der Waals surface area contributed by atoms with Crippen molar-refractivity contribution in [3.63, 3.8) is 0 Å². The van der Waals surface area contributed by atoms with E-state index in [1.807, 2.05) is 31.2 Å². The summed E-state index contributed by atoms with van der Waals surface area (Å²) in [7, 11) is 0. The number of morpholine rings is 1. The molecule has 3 N–H and O–H groups in total. The van der Waals surface area contributed by atoms with Gasteiger partial charge < -0.3 is 15.4 Å². The molecule has 1 aliphatic heterocycles. The molecule has 6 nitrogen and oxygen atoms in total. The van der Waals surface area contributed by atoms with Crippen LogP contribution in [0.3, 0.4) is 0 Å². The number of hydrogen-bond donors (Lipinski definition) is 3. The largest absolute Gasteiger partial charge is 0.366 e. The Bertz CT molecular complexity index is 684. The second-order valence-corrected chi connectivity index (χ2v) is 6.25. The molecule has 0 spiro atoms. The van der Waals surface area contributed by atoms with E-state index in [1.54, 1.807) is 0 Å². The fraction of sp³-hybridized carbons (Fsp3) is 0.375.